The third-order valence-electron chi connectivity index (χ3n) is 11.3. The monoisotopic (exact) mass is 846 g/mol. The Morgan fingerprint density at radius 3 is 1.08 bits per heavy atom. The molecule has 3 N–H and O–H groups in total. The molecule has 350 valence electrons. The van der Waals surface area contributed by atoms with E-state index in [2.05, 4.69) is 104 Å². The normalized spacial score (nSPS) is 13.7. The molecular weight excluding hydrogens is 747 g/mol. The minimum atomic E-state index is -0.841. The Bertz CT molecular complexity index is 1140. The first kappa shape index (κ1) is 58.3. The van der Waals surface area contributed by atoms with E-state index in [1.165, 1.54) is 148 Å². The van der Waals surface area contributed by atoms with Gasteiger partial charge in [0.15, 0.2) is 0 Å². The number of nitrogens with one attached hydrogen (secondary N) is 1. The zero-order valence-electron chi connectivity index (χ0n) is 40.2. The first-order chi connectivity index (χ1) is 30.2. The van der Waals surface area contributed by atoms with Gasteiger partial charge < -0.3 is 15.5 Å². The summed E-state index contributed by atoms with van der Waals surface area (Å²) in [6.45, 7) is 4.18. The molecule has 2 atom stereocenters. The maximum Gasteiger partial charge on any atom is 0.220 e. The second-order valence-corrected chi connectivity index (χ2v) is 17.2. The van der Waals surface area contributed by atoms with E-state index in [0.717, 1.165) is 70.6 Å². The van der Waals surface area contributed by atoms with E-state index in [-0.39, 0.29) is 12.5 Å². The SMILES string of the molecule is CC/C=C\C/C=C\C/C=C\C/C=C\C/C=C\C/C=C\C/C=C\CCCCCCCCCCCCCCCCCC(=O)NC(CO)C(O)/C=C/CCCCCCCCCCCC. The van der Waals surface area contributed by atoms with Gasteiger partial charge in [0.1, 0.15) is 0 Å². The van der Waals surface area contributed by atoms with Gasteiger partial charge in [-0.15, -0.1) is 0 Å². The van der Waals surface area contributed by atoms with E-state index >= 15 is 0 Å². The lowest BCUT2D eigenvalue weighted by Crippen LogP contribution is -2.45. The first-order valence-corrected chi connectivity index (χ1v) is 26.0. The predicted molar refractivity (Wildman–Crippen MR) is 271 cm³/mol. The van der Waals surface area contributed by atoms with Crippen LogP contribution in [0.5, 0.6) is 0 Å². The van der Waals surface area contributed by atoms with Crippen LogP contribution in [0.15, 0.2) is 97.2 Å². The number of aliphatic hydroxyl groups excluding tert-OH is 2. The standard InChI is InChI=1S/C57H99NO3/c1-3-5-7-9-11-13-15-17-18-19-20-21-22-23-24-25-26-27-28-29-30-31-32-33-34-35-36-37-38-39-40-41-43-45-47-49-51-53-57(61)58-55(54-59)56(60)52-50-48-46-44-42-16-14-12-10-8-6-4-2/h5,7,11,13,17-18,20-21,23-24,26-27,29-30,50,52,55-56,59-60H,3-4,6,8-10,12,14-16,19,22,25,28,31-49,51,53-54H2,1-2H3,(H,58,61)/b7-5-,13-11-,18-17-,21-20-,24-23-,27-26-,30-29-,52-50+. The van der Waals surface area contributed by atoms with Crippen LogP contribution in [0.1, 0.15) is 239 Å². The fourth-order valence-corrected chi connectivity index (χ4v) is 7.39. The number of carbonyl (C=O) groups excluding carboxylic acids is 1. The lowest BCUT2D eigenvalue weighted by Gasteiger charge is -2.20. The largest absolute Gasteiger partial charge is 0.394 e. The van der Waals surface area contributed by atoms with Crippen LogP contribution < -0.4 is 5.32 Å². The summed E-state index contributed by atoms with van der Waals surface area (Å²) < 4.78 is 0. The van der Waals surface area contributed by atoms with Gasteiger partial charge in [-0.05, 0) is 77.0 Å². The maximum atomic E-state index is 12.4. The molecule has 0 aliphatic rings. The third kappa shape index (κ3) is 48.2. The molecule has 0 aromatic heterocycles. The minimum absolute atomic E-state index is 0.0678. The van der Waals surface area contributed by atoms with Crippen LogP contribution in [-0.2, 0) is 4.79 Å². The van der Waals surface area contributed by atoms with Gasteiger partial charge >= 0.3 is 0 Å². The van der Waals surface area contributed by atoms with Crippen LogP contribution in [0.2, 0.25) is 0 Å². The number of aliphatic hydroxyl groups is 2. The van der Waals surface area contributed by atoms with E-state index < -0.39 is 12.1 Å². The molecule has 1 amide bonds. The van der Waals surface area contributed by atoms with Crippen LogP contribution in [0, 0.1) is 0 Å². The molecular formula is C57H99NO3. The van der Waals surface area contributed by atoms with Crippen LogP contribution in [0.4, 0.5) is 0 Å². The molecule has 0 aliphatic carbocycles. The molecule has 2 unspecified atom stereocenters. The topological polar surface area (TPSA) is 69.6 Å². The lowest BCUT2D eigenvalue weighted by molar-refractivity contribution is -0.123. The quantitative estimate of drug-likeness (QED) is 0.0422. The van der Waals surface area contributed by atoms with Crippen molar-refractivity contribution < 1.29 is 15.0 Å². The fraction of sp³-hybridized carbons (Fsp3) is 0.702. The van der Waals surface area contributed by atoms with Crippen molar-refractivity contribution in [2.45, 2.75) is 251 Å². The van der Waals surface area contributed by atoms with Gasteiger partial charge in [-0.3, -0.25) is 4.79 Å². The van der Waals surface area contributed by atoms with Gasteiger partial charge in [-0.1, -0.05) is 252 Å². The summed E-state index contributed by atoms with van der Waals surface area (Å²) in [5.41, 5.74) is 0. The van der Waals surface area contributed by atoms with Crippen molar-refractivity contribution in [2.24, 2.45) is 0 Å². The van der Waals surface area contributed by atoms with Crippen molar-refractivity contribution in [1.82, 2.24) is 5.32 Å². The lowest BCUT2D eigenvalue weighted by atomic mass is 10.0. The molecule has 0 fully saturated rings. The summed E-state index contributed by atoms with van der Waals surface area (Å²) >= 11 is 0. The van der Waals surface area contributed by atoms with Gasteiger partial charge in [0.25, 0.3) is 0 Å². The Hall–Kier alpha value is -2.69. The summed E-state index contributed by atoms with van der Waals surface area (Å²) in [5.74, 6) is -0.0678. The molecule has 0 saturated carbocycles. The molecule has 0 heterocycles. The molecule has 0 saturated heterocycles. The molecule has 0 radical (unpaired) electrons. The molecule has 0 aromatic rings. The van der Waals surface area contributed by atoms with Gasteiger partial charge in [0.2, 0.25) is 5.91 Å². The van der Waals surface area contributed by atoms with Crippen molar-refractivity contribution in [3.63, 3.8) is 0 Å². The summed E-state index contributed by atoms with van der Waals surface area (Å²) in [4.78, 5) is 12.4. The first-order valence-electron chi connectivity index (χ1n) is 26.0. The van der Waals surface area contributed by atoms with Crippen LogP contribution in [0.25, 0.3) is 0 Å². The highest BCUT2D eigenvalue weighted by molar-refractivity contribution is 5.76. The smallest absolute Gasteiger partial charge is 0.220 e. The zero-order valence-corrected chi connectivity index (χ0v) is 40.2. The van der Waals surface area contributed by atoms with E-state index in [9.17, 15) is 15.0 Å². The fourth-order valence-electron chi connectivity index (χ4n) is 7.39. The highest BCUT2D eigenvalue weighted by Crippen LogP contribution is 2.15. The second kappa shape index (κ2) is 51.7. The van der Waals surface area contributed by atoms with Crippen molar-refractivity contribution in [1.29, 1.82) is 0 Å². The van der Waals surface area contributed by atoms with Gasteiger partial charge in [0, 0.05) is 6.42 Å². The zero-order chi connectivity index (χ0) is 44.2. The molecule has 4 heteroatoms. The Morgan fingerprint density at radius 1 is 0.410 bits per heavy atom. The highest BCUT2D eigenvalue weighted by atomic mass is 16.3. The number of hydrogen-bond acceptors (Lipinski definition) is 3. The Labute approximate surface area is 379 Å². The van der Waals surface area contributed by atoms with Crippen molar-refractivity contribution in [3.05, 3.63) is 97.2 Å². The number of rotatable bonds is 46. The van der Waals surface area contributed by atoms with Gasteiger partial charge in [-0.2, -0.15) is 0 Å². The predicted octanol–water partition coefficient (Wildman–Crippen LogP) is 17.0. The van der Waals surface area contributed by atoms with Crippen molar-refractivity contribution in [2.75, 3.05) is 6.61 Å². The van der Waals surface area contributed by atoms with E-state index in [1.807, 2.05) is 6.08 Å². The number of amides is 1. The number of unbranched alkanes of at least 4 members (excludes halogenated alkanes) is 25. The summed E-state index contributed by atoms with van der Waals surface area (Å²) in [7, 11) is 0. The number of carbonyl (C=O) groups is 1. The summed E-state index contributed by atoms with van der Waals surface area (Å²) in [6, 6.07) is -0.625. The van der Waals surface area contributed by atoms with Crippen LogP contribution >= 0.6 is 0 Å². The summed E-state index contributed by atoms with van der Waals surface area (Å²) in [5, 5.41) is 23.0. The summed E-state index contributed by atoms with van der Waals surface area (Å²) in [6.07, 6.45) is 76.9. The molecule has 0 rings (SSSR count). The second-order valence-electron chi connectivity index (χ2n) is 17.2. The number of hydrogen-bond donors (Lipinski definition) is 3. The van der Waals surface area contributed by atoms with Gasteiger partial charge in [-0.25, -0.2) is 0 Å². The molecule has 0 bridgehead atoms. The Morgan fingerprint density at radius 2 is 0.721 bits per heavy atom. The minimum Gasteiger partial charge on any atom is -0.394 e. The van der Waals surface area contributed by atoms with Crippen molar-refractivity contribution >= 4 is 5.91 Å². The third-order valence-corrected chi connectivity index (χ3v) is 11.3. The molecule has 0 aromatic carbocycles. The van der Waals surface area contributed by atoms with E-state index in [1.54, 1.807) is 6.08 Å². The van der Waals surface area contributed by atoms with Gasteiger partial charge in [0.05, 0.1) is 18.8 Å². The highest BCUT2D eigenvalue weighted by Gasteiger charge is 2.18. The Kier molecular flexibility index (Phi) is 49.4. The Balaban J connectivity index is 3.52. The molecule has 0 aliphatic heterocycles. The average Bonchev–Trinajstić information content (AvgIpc) is 3.26. The van der Waals surface area contributed by atoms with Crippen LogP contribution in [0.3, 0.4) is 0 Å². The molecule has 61 heavy (non-hydrogen) atoms. The van der Waals surface area contributed by atoms with Crippen molar-refractivity contribution in [3.8, 4) is 0 Å². The number of allylic oxidation sites excluding steroid dienone is 15. The van der Waals surface area contributed by atoms with Crippen LogP contribution in [-0.4, -0.2) is 34.9 Å². The average molecular weight is 846 g/mol. The maximum absolute atomic E-state index is 12.4. The molecule has 0 spiro atoms. The van der Waals surface area contributed by atoms with E-state index in [4.69, 9.17) is 0 Å². The van der Waals surface area contributed by atoms with E-state index in [0.29, 0.717) is 6.42 Å². The molecule has 4 nitrogen and oxygen atoms in total.